The maximum atomic E-state index is 12.2. The molecule has 1 unspecified atom stereocenters. The first-order valence-corrected chi connectivity index (χ1v) is 8.03. The molecular weight excluding hydrogens is 310 g/mol. The van der Waals surface area contributed by atoms with Crippen LogP contribution in [0, 0.1) is 0 Å². The molecule has 0 aromatic heterocycles. The third kappa shape index (κ3) is 4.55. The molecule has 0 aliphatic carbocycles. The maximum absolute atomic E-state index is 12.2. The van der Waals surface area contributed by atoms with E-state index in [4.69, 9.17) is 4.74 Å². The van der Waals surface area contributed by atoms with Crippen LogP contribution in [0.3, 0.4) is 0 Å². The summed E-state index contributed by atoms with van der Waals surface area (Å²) >= 11 is 0. The zero-order chi connectivity index (χ0) is 17.5. The van der Waals surface area contributed by atoms with Crippen molar-refractivity contribution in [1.82, 2.24) is 10.2 Å². The largest absolute Gasteiger partial charge is 0.465 e. The lowest BCUT2D eigenvalue weighted by Gasteiger charge is -2.32. The first kappa shape index (κ1) is 17.9. The van der Waals surface area contributed by atoms with Gasteiger partial charge < -0.3 is 15.0 Å². The highest BCUT2D eigenvalue weighted by molar-refractivity contribution is 6.02. The molecule has 0 radical (unpaired) electrons. The van der Waals surface area contributed by atoms with Crippen molar-refractivity contribution in [2.24, 2.45) is 0 Å². The van der Waals surface area contributed by atoms with E-state index in [1.807, 2.05) is 0 Å². The molecule has 24 heavy (non-hydrogen) atoms. The standard InChI is InChI=1S/C17H23N3O4/c1-3-6-12-9-16(22)20(11-18-12)10-15(21)19-14-8-5-4-7-13(14)17(23)24-2/h4-5,7-8,12,18H,3,6,9-11H2,1-2H3,(H,19,21). The minimum atomic E-state index is -0.524. The fourth-order valence-electron chi connectivity index (χ4n) is 2.68. The van der Waals surface area contributed by atoms with E-state index in [0.29, 0.717) is 18.8 Å². The number of hydrogen-bond donors (Lipinski definition) is 2. The number of amides is 2. The van der Waals surface area contributed by atoms with E-state index >= 15 is 0 Å². The second-order valence-electron chi connectivity index (χ2n) is 5.73. The molecule has 7 heteroatoms. The van der Waals surface area contributed by atoms with Crippen LogP contribution >= 0.6 is 0 Å². The molecule has 1 aromatic rings. The molecule has 1 heterocycles. The first-order valence-electron chi connectivity index (χ1n) is 8.03. The van der Waals surface area contributed by atoms with E-state index in [1.165, 1.54) is 12.0 Å². The van der Waals surface area contributed by atoms with Crippen molar-refractivity contribution < 1.29 is 19.1 Å². The summed E-state index contributed by atoms with van der Waals surface area (Å²) in [4.78, 5) is 37.5. The Morgan fingerprint density at radius 3 is 2.79 bits per heavy atom. The molecule has 2 amide bonds. The molecule has 2 rings (SSSR count). The van der Waals surface area contributed by atoms with E-state index < -0.39 is 5.97 Å². The molecule has 130 valence electrons. The number of esters is 1. The van der Waals surface area contributed by atoms with Crippen LogP contribution in [0.5, 0.6) is 0 Å². The highest BCUT2D eigenvalue weighted by Crippen LogP contribution is 2.16. The lowest BCUT2D eigenvalue weighted by molar-refractivity contribution is -0.138. The normalized spacial score (nSPS) is 17.5. The van der Waals surface area contributed by atoms with Gasteiger partial charge in [0, 0.05) is 12.5 Å². The summed E-state index contributed by atoms with van der Waals surface area (Å²) in [6.07, 6.45) is 2.36. The third-order valence-corrected chi connectivity index (χ3v) is 3.92. The van der Waals surface area contributed by atoms with Gasteiger partial charge in [0.05, 0.1) is 25.0 Å². The van der Waals surface area contributed by atoms with Gasteiger partial charge in [0.1, 0.15) is 6.54 Å². The zero-order valence-corrected chi connectivity index (χ0v) is 14.0. The first-order chi connectivity index (χ1) is 11.5. The Morgan fingerprint density at radius 2 is 2.12 bits per heavy atom. The fourth-order valence-corrected chi connectivity index (χ4v) is 2.68. The molecule has 1 aliphatic heterocycles. The molecule has 1 saturated heterocycles. The summed E-state index contributed by atoms with van der Waals surface area (Å²) < 4.78 is 4.70. The van der Waals surface area contributed by atoms with Crippen LogP contribution in [-0.2, 0) is 14.3 Å². The quantitative estimate of drug-likeness (QED) is 0.768. The Morgan fingerprint density at radius 1 is 1.38 bits per heavy atom. The number of hydrogen-bond acceptors (Lipinski definition) is 5. The fraction of sp³-hybridized carbons (Fsp3) is 0.471. The van der Waals surface area contributed by atoms with Crippen molar-refractivity contribution in [2.45, 2.75) is 32.2 Å². The minimum absolute atomic E-state index is 0.0383. The number of carbonyl (C=O) groups excluding carboxylic acids is 3. The Kier molecular flexibility index (Phi) is 6.31. The Labute approximate surface area is 141 Å². The van der Waals surface area contributed by atoms with Crippen molar-refractivity contribution in [3.63, 3.8) is 0 Å². The third-order valence-electron chi connectivity index (χ3n) is 3.92. The average molecular weight is 333 g/mol. The molecule has 1 atom stereocenters. The van der Waals surface area contributed by atoms with Crippen LogP contribution in [0.2, 0.25) is 0 Å². The molecule has 1 aliphatic rings. The van der Waals surface area contributed by atoms with Gasteiger partial charge in [0.15, 0.2) is 0 Å². The van der Waals surface area contributed by atoms with Gasteiger partial charge >= 0.3 is 5.97 Å². The summed E-state index contributed by atoms with van der Waals surface area (Å²) in [5, 5.41) is 5.93. The summed E-state index contributed by atoms with van der Waals surface area (Å²) in [7, 11) is 1.28. The van der Waals surface area contributed by atoms with Crippen LogP contribution in [0.4, 0.5) is 5.69 Å². The highest BCUT2D eigenvalue weighted by Gasteiger charge is 2.26. The van der Waals surface area contributed by atoms with Gasteiger partial charge in [-0.15, -0.1) is 0 Å². The molecule has 2 N–H and O–H groups in total. The number of anilines is 1. The van der Waals surface area contributed by atoms with E-state index in [1.54, 1.807) is 24.3 Å². The predicted molar refractivity (Wildman–Crippen MR) is 89.4 cm³/mol. The molecule has 0 spiro atoms. The number of rotatable bonds is 6. The number of para-hydroxylation sites is 1. The zero-order valence-electron chi connectivity index (χ0n) is 14.0. The SMILES string of the molecule is CCCC1CC(=O)N(CC(=O)Nc2ccccc2C(=O)OC)CN1. The van der Waals surface area contributed by atoms with E-state index in [0.717, 1.165) is 12.8 Å². The van der Waals surface area contributed by atoms with Crippen molar-refractivity contribution in [2.75, 3.05) is 25.6 Å². The maximum Gasteiger partial charge on any atom is 0.339 e. The van der Waals surface area contributed by atoms with Crippen molar-refractivity contribution in [3.8, 4) is 0 Å². The van der Waals surface area contributed by atoms with Crippen LogP contribution < -0.4 is 10.6 Å². The van der Waals surface area contributed by atoms with E-state index in [-0.39, 0.29) is 30.0 Å². The second-order valence-corrected chi connectivity index (χ2v) is 5.73. The number of methoxy groups -OCH3 is 1. The monoisotopic (exact) mass is 333 g/mol. The van der Waals surface area contributed by atoms with Gasteiger partial charge in [-0.25, -0.2) is 4.79 Å². The Bertz CT molecular complexity index is 618. The highest BCUT2D eigenvalue weighted by atomic mass is 16.5. The lowest BCUT2D eigenvalue weighted by atomic mass is 10.1. The molecule has 0 bridgehead atoms. The smallest absolute Gasteiger partial charge is 0.339 e. The average Bonchev–Trinajstić information content (AvgIpc) is 2.57. The van der Waals surface area contributed by atoms with Gasteiger partial charge in [-0.05, 0) is 18.6 Å². The van der Waals surface area contributed by atoms with Gasteiger partial charge in [0.25, 0.3) is 0 Å². The van der Waals surface area contributed by atoms with Crippen molar-refractivity contribution in [1.29, 1.82) is 0 Å². The Balaban J connectivity index is 1.95. The van der Waals surface area contributed by atoms with Gasteiger partial charge in [-0.1, -0.05) is 25.5 Å². The van der Waals surface area contributed by atoms with Gasteiger partial charge in [-0.3, -0.25) is 14.9 Å². The van der Waals surface area contributed by atoms with Crippen molar-refractivity contribution >= 4 is 23.5 Å². The number of nitrogens with one attached hydrogen (secondary N) is 2. The number of ether oxygens (including phenoxy) is 1. The molecular formula is C17H23N3O4. The van der Waals surface area contributed by atoms with Gasteiger partial charge in [0.2, 0.25) is 11.8 Å². The topological polar surface area (TPSA) is 87.7 Å². The molecule has 1 fully saturated rings. The number of nitrogens with zero attached hydrogens (tertiary/aromatic N) is 1. The predicted octanol–water partition coefficient (Wildman–Crippen LogP) is 1.36. The summed E-state index contributed by atoms with van der Waals surface area (Å²) in [6.45, 7) is 2.38. The molecule has 1 aromatic carbocycles. The van der Waals surface area contributed by atoms with Crippen LogP contribution in [0.25, 0.3) is 0 Å². The Hall–Kier alpha value is -2.41. The van der Waals surface area contributed by atoms with Crippen LogP contribution in [-0.4, -0.2) is 49.0 Å². The van der Waals surface area contributed by atoms with Gasteiger partial charge in [-0.2, -0.15) is 0 Å². The lowest BCUT2D eigenvalue weighted by Crippen LogP contribution is -2.52. The van der Waals surface area contributed by atoms with Crippen LogP contribution in [0.1, 0.15) is 36.5 Å². The van der Waals surface area contributed by atoms with Crippen LogP contribution in [0.15, 0.2) is 24.3 Å². The number of carbonyl (C=O) groups is 3. The molecule has 7 nitrogen and oxygen atoms in total. The number of benzene rings is 1. The van der Waals surface area contributed by atoms with E-state index in [9.17, 15) is 14.4 Å². The summed E-state index contributed by atoms with van der Waals surface area (Å²) in [5.41, 5.74) is 0.648. The summed E-state index contributed by atoms with van der Waals surface area (Å²) in [6, 6.07) is 6.78. The second kappa shape index (κ2) is 8.44. The molecule has 0 saturated carbocycles. The van der Waals surface area contributed by atoms with E-state index in [2.05, 4.69) is 17.6 Å². The van der Waals surface area contributed by atoms with Crippen molar-refractivity contribution in [3.05, 3.63) is 29.8 Å². The summed E-state index contributed by atoms with van der Waals surface area (Å²) in [5.74, 6) is -0.914. The minimum Gasteiger partial charge on any atom is -0.465 e.